The summed E-state index contributed by atoms with van der Waals surface area (Å²) in [7, 11) is 0. The Kier molecular flexibility index (Phi) is 4.16. The number of benzene rings is 1. The molecule has 0 spiro atoms. The molecular weight excluding hydrogens is 272 g/mol. The Morgan fingerprint density at radius 1 is 1.42 bits per heavy atom. The zero-order valence-corrected chi connectivity index (χ0v) is 10.8. The first-order valence-corrected chi connectivity index (χ1v) is 6.31. The van der Waals surface area contributed by atoms with Crippen LogP contribution >= 0.6 is 11.8 Å². The number of carbonyl (C=O) groups is 1. The monoisotopic (exact) mass is 283 g/mol. The summed E-state index contributed by atoms with van der Waals surface area (Å²) in [6, 6.07) is 6.43. The first-order valence-electron chi connectivity index (χ1n) is 5.43. The number of alkyl halides is 2. The average molecular weight is 283 g/mol. The number of aromatic nitrogens is 2. The summed E-state index contributed by atoms with van der Waals surface area (Å²) in [5.74, 6) is -2.91. The zero-order chi connectivity index (χ0) is 13.8. The molecule has 2 aromatic rings. The number of hydrogen-bond donors (Lipinski definition) is 2. The molecule has 0 aliphatic heterocycles. The summed E-state index contributed by atoms with van der Waals surface area (Å²) in [5.41, 5.74) is 1.37. The fourth-order valence-corrected chi connectivity index (χ4v) is 2.13. The predicted octanol–water partition coefficient (Wildman–Crippen LogP) is 3.29. The van der Waals surface area contributed by atoms with Gasteiger partial charge in [-0.25, -0.2) is 0 Å². The van der Waals surface area contributed by atoms with E-state index in [0.717, 1.165) is 0 Å². The average Bonchev–Trinajstić information content (AvgIpc) is 2.77. The molecule has 100 valence electrons. The van der Waals surface area contributed by atoms with Crippen LogP contribution in [0.2, 0.25) is 0 Å². The van der Waals surface area contributed by atoms with Crippen molar-refractivity contribution in [3.63, 3.8) is 0 Å². The summed E-state index contributed by atoms with van der Waals surface area (Å²) in [6.45, 7) is 1.71. The van der Waals surface area contributed by atoms with E-state index in [1.54, 1.807) is 25.1 Å². The largest absolute Gasteiger partial charge is 0.321 e. The van der Waals surface area contributed by atoms with Gasteiger partial charge in [0, 0.05) is 10.6 Å². The molecule has 1 heterocycles. The molecule has 0 bridgehead atoms. The molecule has 2 N–H and O–H groups in total. The molecule has 1 aromatic carbocycles. The van der Waals surface area contributed by atoms with Crippen LogP contribution in [-0.2, 0) is 0 Å². The van der Waals surface area contributed by atoms with Crippen LogP contribution in [0.5, 0.6) is 0 Å². The molecule has 19 heavy (non-hydrogen) atoms. The number of thioether (sulfide) groups is 1. The summed E-state index contributed by atoms with van der Waals surface area (Å²) in [5, 5.41) is 9.00. The minimum Gasteiger partial charge on any atom is -0.321 e. The first-order chi connectivity index (χ1) is 9.08. The minimum atomic E-state index is -2.53. The van der Waals surface area contributed by atoms with Crippen molar-refractivity contribution >= 4 is 23.4 Å². The van der Waals surface area contributed by atoms with Crippen molar-refractivity contribution in [2.24, 2.45) is 0 Å². The van der Waals surface area contributed by atoms with Gasteiger partial charge in [0.25, 0.3) is 11.7 Å². The van der Waals surface area contributed by atoms with Gasteiger partial charge in [-0.1, -0.05) is 23.9 Å². The highest BCUT2D eigenvalue weighted by atomic mass is 32.2. The standard InChI is InChI=1S/C12H11F2N3OS/c1-7-8(6-15-17-7)11(18)16-9-4-2-3-5-10(9)19-12(13)14/h2-6,12H,1H3,(H,15,17)(H,16,18). The minimum absolute atomic E-state index is 0.326. The molecule has 0 fully saturated rings. The zero-order valence-electron chi connectivity index (χ0n) is 9.98. The van der Waals surface area contributed by atoms with Crippen LogP contribution in [-0.4, -0.2) is 21.9 Å². The van der Waals surface area contributed by atoms with Gasteiger partial charge in [0.2, 0.25) is 0 Å². The topological polar surface area (TPSA) is 57.8 Å². The molecule has 0 saturated heterocycles. The number of anilines is 1. The Morgan fingerprint density at radius 2 is 2.16 bits per heavy atom. The molecule has 7 heteroatoms. The number of rotatable bonds is 4. The highest BCUT2D eigenvalue weighted by molar-refractivity contribution is 7.99. The second-order valence-corrected chi connectivity index (χ2v) is 4.77. The van der Waals surface area contributed by atoms with Gasteiger partial charge in [0.1, 0.15) is 0 Å². The molecule has 0 unspecified atom stereocenters. The number of carbonyl (C=O) groups excluding carboxylic acids is 1. The number of halogens is 2. The van der Waals surface area contributed by atoms with Crippen LogP contribution in [0, 0.1) is 6.92 Å². The lowest BCUT2D eigenvalue weighted by Gasteiger charge is -2.09. The van der Waals surface area contributed by atoms with Gasteiger partial charge in [0.15, 0.2) is 0 Å². The number of H-pyrrole nitrogens is 1. The van der Waals surface area contributed by atoms with E-state index >= 15 is 0 Å². The van der Waals surface area contributed by atoms with Crippen LogP contribution in [0.3, 0.4) is 0 Å². The number of aromatic amines is 1. The Morgan fingerprint density at radius 3 is 2.79 bits per heavy atom. The molecule has 0 aliphatic carbocycles. The summed E-state index contributed by atoms with van der Waals surface area (Å²) < 4.78 is 24.8. The maximum Gasteiger partial charge on any atom is 0.288 e. The van der Waals surface area contributed by atoms with Crippen molar-refractivity contribution in [3.05, 3.63) is 41.7 Å². The third-order valence-corrected chi connectivity index (χ3v) is 3.21. The van der Waals surface area contributed by atoms with Gasteiger partial charge in [-0.2, -0.15) is 13.9 Å². The van der Waals surface area contributed by atoms with E-state index in [1.807, 2.05) is 0 Å². The Hall–Kier alpha value is -1.89. The van der Waals surface area contributed by atoms with Gasteiger partial charge in [0.05, 0.1) is 17.4 Å². The Bertz CT molecular complexity index is 586. The molecule has 0 saturated carbocycles. The Labute approximate surface area is 112 Å². The molecule has 1 amide bonds. The van der Waals surface area contributed by atoms with Crippen LogP contribution in [0.1, 0.15) is 16.1 Å². The first kappa shape index (κ1) is 13.5. The van der Waals surface area contributed by atoms with Gasteiger partial charge in [-0.3, -0.25) is 9.89 Å². The lowest BCUT2D eigenvalue weighted by Crippen LogP contribution is -2.13. The van der Waals surface area contributed by atoms with Crippen molar-refractivity contribution in [3.8, 4) is 0 Å². The maximum atomic E-state index is 12.4. The third-order valence-electron chi connectivity index (χ3n) is 2.43. The Balaban J connectivity index is 2.19. The third kappa shape index (κ3) is 3.31. The highest BCUT2D eigenvalue weighted by Gasteiger charge is 2.14. The molecule has 4 nitrogen and oxygen atoms in total. The number of aryl methyl sites for hydroxylation is 1. The van der Waals surface area contributed by atoms with E-state index in [4.69, 9.17) is 0 Å². The predicted molar refractivity (Wildman–Crippen MR) is 69.6 cm³/mol. The second kappa shape index (κ2) is 5.83. The van der Waals surface area contributed by atoms with E-state index in [9.17, 15) is 13.6 Å². The van der Waals surface area contributed by atoms with Gasteiger partial charge in [-0.15, -0.1) is 0 Å². The second-order valence-electron chi connectivity index (χ2n) is 3.74. The summed E-state index contributed by atoms with van der Waals surface area (Å²) >= 11 is 0.397. The van der Waals surface area contributed by atoms with Crippen LogP contribution in [0.4, 0.5) is 14.5 Å². The normalized spacial score (nSPS) is 10.7. The van der Waals surface area contributed by atoms with Crippen molar-refractivity contribution in [1.82, 2.24) is 10.2 Å². The van der Waals surface area contributed by atoms with E-state index in [2.05, 4.69) is 15.5 Å². The fourth-order valence-electron chi connectivity index (χ4n) is 1.54. The number of para-hydroxylation sites is 1. The maximum absolute atomic E-state index is 12.4. The van der Waals surface area contributed by atoms with Crippen molar-refractivity contribution in [2.75, 3.05) is 5.32 Å². The molecule has 0 atom stereocenters. The van der Waals surface area contributed by atoms with Crippen molar-refractivity contribution in [1.29, 1.82) is 0 Å². The van der Waals surface area contributed by atoms with Crippen LogP contribution < -0.4 is 5.32 Å². The van der Waals surface area contributed by atoms with E-state index < -0.39 is 5.76 Å². The number of nitrogens with one attached hydrogen (secondary N) is 2. The van der Waals surface area contributed by atoms with E-state index in [0.29, 0.717) is 33.6 Å². The quantitative estimate of drug-likeness (QED) is 0.847. The molecule has 1 aromatic heterocycles. The van der Waals surface area contributed by atoms with Crippen molar-refractivity contribution in [2.45, 2.75) is 17.6 Å². The highest BCUT2D eigenvalue weighted by Crippen LogP contribution is 2.31. The molecule has 2 rings (SSSR count). The summed E-state index contributed by atoms with van der Waals surface area (Å²) in [6.07, 6.45) is 1.40. The van der Waals surface area contributed by atoms with Gasteiger partial charge < -0.3 is 5.32 Å². The number of amides is 1. The molecular formula is C12H11F2N3OS. The van der Waals surface area contributed by atoms with Crippen LogP contribution in [0.15, 0.2) is 35.4 Å². The van der Waals surface area contributed by atoms with Gasteiger partial charge >= 0.3 is 0 Å². The van der Waals surface area contributed by atoms with Crippen LogP contribution in [0.25, 0.3) is 0 Å². The smallest absolute Gasteiger partial charge is 0.288 e. The lowest BCUT2D eigenvalue weighted by molar-refractivity contribution is 0.102. The van der Waals surface area contributed by atoms with E-state index in [-0.39, 0.29) is 5.91 Å². The summed E-state index contributed by atoms with van der Waals surface area (Å²) in [4.78, 5) is 12.3. The molecule has 0 aliphatic rings. The van der Waals surface area contributed by atoms with E-state index in [1.165, 1.54) is 12.3 Å². The molecule has 0 radical (unpaired) electrons. The van der Waals surface area contributed by atoms with Gasteiger partial charge in [-0.05, 0) is 19.1 Å². The lowest BCUT2D eigenvalue weighted by atomic mass is 10.2. The fraction of sp³-hybridized carbons (Fsp3) is 0.167. The SMILES string of the molecule is Cc1[nH]ncc1C(=O)Nc1ccccc1SC(F)F. The van der Waals surface area contributed by atoms with Crippen molar-refractivity contribution < 1.29 is 13.6 Å². The number of hydrogen-bond acceptors (Lipinski definition) is 3. The number of nitrogens with zero attached hydrogens (tertiary/aromatic N) is 1.